The molecule has 0 saturated heterocycles. The van der Waals surface area contributed by atoms with E-state index in [1.54, 1.807) is 36.4 Å². The molecule has 2 amide bonds. The molecule has 5 heteroatoms. The van der Waals surface area contributed by atoms with Crippen LogP contribution >= 0.6 is 0 Å². The summed E-state index contributed by atoms with van der Waals surface area (Å²) in [4.78, 5) is 36.7. The molecule has 116 valence electrons. The molecule has 0 radical (unpaired) electrons. The van der Waals surface area contributed by atoms with Crippen molar-refractivity contribution in [3.63, 3.8) is 0 Å². The van der Waals surface area contributed by atoms with Crippen LogP contribution in [0.3, 0.4) is 0 Å². The normalized spacial score (nSPS) is 13.2. The lowest BCUT2D eigenvalue weighted by Gasteiger charge is -2.16. The second-order valence-corrected chi connectivity index (χ2v) is 5.27. The van der Waals surface area contributed by atoms with Crippen molar-refractivity contribution in [3.05, 3.63) is 64.7 Å². The van der Waals surface area contributed by atoms with Gasteiger partial charge in [0.25, 0.3) is 11.8 Å². The number of imide groups is 1. The highest BCUT2D eigenvalue weighted by Crippen LogP contribution is 2.24. The molecule has 1 heterocycles. The van der Waals surface area contributed by atoms with E-state index in [0.717, 1.165) is 11.8 Å². The van der Waals surface area contributed by atoms with Gasteiger partial charge in [0.2, 0.25) is 0 Å². The van der Waals surface area contributed by atoms with E-state index in [-0.39, 0.29) is 25.0 Å². The molecule has 0 aliphatic carbocycles. The molecule has 0 spiro atoms. The van der Waals surface area contributed by atoms with Crippen molar-refractivity contribution >= 4 is 18.1 Å². The molecule has 0 aromatic heterocycles. The number of nitrogens with zero attached hydrogens (tertiary/aromatic N) is 1. The number of carbonyl (C=O) groups is 3. The van der Waals surface area contributed by atoms with Crippen LogP contribution in [0, 0.1) is 6.92 Å². The SMILES string of the molecule is Cc1cccc(C=O)c1OCCN1C(=O)c2ccccc2C1=O. The van der Waals surface area contributed by atoms with Gasteiger partial charge in [0.1, 0.15) is 12.4 Å². The molecule has 2 aromatic rings. The number of para-hydroxylation sites is 1. The van der Waals surface area contributed by atoms with Gasteiger partial charge in [-0.15, -0.1) is 0 Å². The zero-order chi connectivity index (χ0) is 16.4. The summed E-state index contributed by atoms with van der Waals surface area (Å²) >= 11 is 0. The quantitative estimate of drug-likeness (QED) is 0.629. The van der Waals surface area contributed by atoms with E-state index in [9.17, 15) is 14.4 Å². The highest BCUT2D eigenvalue weighted by atomic mass is 16.5. The Morgan fingerprint density at radius 1 is 1.00 bits per heavy atom. The van der Waals surface area contributed by atoms with Crippen molar-refractivity contribution in [2.45, 2.75) is 6.92 Å². The first-order valence-electron chi connectivity index (χ1n) is 7.26. The summed E-state index contributed by atoms with van der Waals surface area (Å²) in [7, 11) is 0. The number of hydrogen-bond donors (Lipinski definition) is 0. The standard InChI is InChI=1S/C18H15NO4/c1-12-5-4-6-13(11-20)16(12)23-10-9-19-17(21)14-7-2-3-8-15(14)18(19)22/h2-8,11H,9-10H2,1H3. The Morgan fingerprint density at radius 2 is 1.65 bits per heavy atom. The molecular weight excluding hydrogens is 294 g/mol. The fraction of sp³-hybridized carbons (Fsp3) is 0.167. The third-order valence-corrected chi connectivity index (χ3v) is 3.81. The molecular formula is C18H15NO4. The minimum atomic E-state index is -0.311. The summed E-state index contributed by atoms with van der Waals surface area (Å²) in [5.74, 6) is -0.136. The third kappa shape index (κ3) is 2.61. The lowest BCUT2D eigenvalue weighted by molar-refractivity contribution is 0.0630. The summed E-state index contributed by atoms with van der Waals surface area (Å²) < 4.78 is 5.64. The number of ether oxygens (including phenoxy) is 1. The summed E-state index contributed by atoms with van der Waals surface area (Å²) in [6, 6.07) is 12.0. The van der Waals surface area contributed by atoms with E-state index < -0.39 is 0 Å². The number of aryl methyl sites for hydroxylation is 1. The smallest absolute Gasteiger partial charge is 0.261 e. The van der Waals surface area contributed by atoms with Gasteiger partial charge in [0, 0.05) is 0 Å². The molecule has 0 unspecified atom stereocenters. The van der Waals surface area contributed by atoms with Gasteiger partial charge < -0.3 is 4.74 Å². The Balaban J connectivity index is 1.70. The first-order valence-corrected chi connectivity index (χ1v) is 7.26. The molecule has 1 aliphatic heterocycles. The maximum atomic E-state index is 12.2. The Morgan fingerprint density at radius 3 is 2.26 bits per heavy atom. The van der Waals surface area contributed by atoms with Crippen LogP contribution in [0.4, 0.5) is 0 Å². The number of rotatable bonds is 5. The van der Waals surface area contributed by atoms with Crippen LogP contribution in [0.25, 0.3) is 0 Å². The van der Waals surface area contributed by atoms with Crippen LogP contribution in [0.1, 0.15) is 36.6 Å². The summed E-state index contributed by atoms with van der Waals surface area (Å²) in [5, 5.41) is 0. The number of carbonyl (C=O) groups excluding carboxylic acids is 3. The molecule has 3 rings (SSSR count). The zero-order valence-corrected chi connectivity index (χ0v) is 12.6. The summed E-state index contributed by atoms with van der Waals surface area (Å²) in [5.41, 5.74) is 2.12. The van der Waals surface area contributed by atoms with E-state index in [1.165, 1.54) is 4.90 Å². The van der Waals surface area contributed by atoms with Crippen LogP contribution in [0.5, 0.6) is 5.75 Å². The lowest BCUT2D eigenvalue weighted by atomic mass is 10.1. The topological polar surface area (TPSA) is 63.7 Å². The van der Waals surface area contributed by atoms with E-state index in [1.807, 2.05) is 13.0 Å². The molecule has 0 N–H and O–H groups in total. The average Bonchev–Trinajstić information content (AvgIpc) is 2.81. The van der Waals surface area contributed by atoms with E-state index in [2.05, 4.69) is 0 Å². The number of hydrogen-bond acceptors (Lipinski definition) is 4. The van der Waals surface area contributed by atoms with Crippen molar-refractivity contribution in [1.29, 1.82) is 0 Å². The number of benzene rings is 2. The van der Waals surface area contributed by atoms with Crippen LogP contribution in [0.2, 0.25) is 0 Å². The highest BCUT2D eigenvalue weighted by molar-refractivity contribution is 6.21. The van der Waals surface area contributed by atoms with Crippen molar-refractivity contribution in [3.8, 4) is 5.75 Å². The Labute approximate surface area is 133 Å². The van der Waals surface area contributed by atoms with E-state index in [0.29, 0.717) is 22.4 Å². The van der Waals surface area contributed by atoms with Gasteiger partial charge in [0.15, 0.2) is 6.29 Å². The van der Waals surface area contributed by atoms with Crippen LogP contribution in [0.15, 0.2) is 42.5 Å². The van der Waals surface area contributed by atoms with Gasteiger partial charge in [-0.1, -0.05) is 24.3 Å². The van der Waals surface area contributed by atoms with Gasteiger partial charge in [-0.3, -0.25) is 19.3 Å². The highest BCUT2D eigenvalue weighted by Gasteiger charge is 2.34. The van der Waals surface area contributed by atoms with Gasteiger partial charge in [-0.05, 0) is 30.7 Å². The number of amides is 2. The molecule has 5 nitrogen and oxygen atoms in total. The predicted octanol–water partition coefficient (Wildman–Crippen LogP) is 2.48. The second kappa shape index (κ2) is 6.04. The Hall–Kier alpha value is -2.95. The minimum Gasteiger partial charge on any atom is -0.491 e. The molecule has 2 aromatic carbocycles. The van der Waals surface area contributed by atoms with Crippen LogP contribution in [-0.2, 0) is 0 Å². The zero-order valence-electron chi connectivity index (χ0n) is 12.6. The number of fused-ring (bicyclic) bond motifs is 1. The van der Waals surface area contributed by atoms with Gasteiger partial charge in [0.05, 0.1) is 23.2 Å². The Kier molecular flexibility index (Phi) is 3.93. The van der Waals surface area contributed by atoms with Gasteiger partial charge >= 0.3 is 0 Å². The summed E-state index contributed by atoms with van der Waals surface area (Å²) in [6.07, 6.45) is 0.727. The molecule has 0 saturated carbocycles. The van der Waals surface area contributed by atoms with Crippen molar-refractivity contribution in [1.82, 2.24) is 4.90 Å². The van der Waals surface area contributed by atoms with Gasteiger partial charge in [-0.25, -0.2) is 0 Å². The molecule has 0 atom stereocenters. The van der Waals surface area contributed by atoms with E-state index in [4.69, 9.17) is 4.74 Å². The Bertz CT molecular complexity index is 762. The maximum absolute atomic E-state index is 12.2. The average molecular weight is 309 g/mol. The van der Waals surface area contributed by atoms with Crippen LogP contribution < -0.4 is 4.74 Å². The minimum absolute atomic E-state index is 0.136. The van der Waals surface area contributed by atoms with E-state index >= 15 is 0 Å². The van der Waals surface area contributed by atoms with Crippen LogP contribution in [-0.4, -0.2) is 36.2 Å². The first kappa shape index (κ1) is 15.0. The van der Waals surface area contributed by atoms with Crippen molar-refractivity contribution in [2.24, 2.45) is 0 Å². The third-order valence-electron chi connectivity index (χ3n) is 3.81. The first-order chi connectivity index (χ1) is 11.1. The summed E-state index contributed by atoms with van der Waals surface area (Å²) in [6.45, 7) is 2.11. The monoisotopic (exact) mass is 309 g/mol. The number of aldehydes is 1. The largest absolute Gasteiger partial charge is 0.491 e. The molecule has 1 aliphatic rings. The van der Waals surface area contributed by atoms with Crippen molar-refractivity contribution < 1.29 is 19.1 Å². The lowest BCUT2D eigenvalue weighted by Crippen LogP contribution is -2.33. The second-order valence-electron chi connectivity index (χ2n) is 5.27. The van der Waals surface area contributed by atoms with Gasteiger partial charge in [-0.2, -0.15) is 0 Å². The van der Waals surface area contributed by atoms with Crippen molar-refractivity contribution in [2.75, 3.05) is 13.2 Å². The predicted molar refractivity (Wildman–Crippen MR) is 83.9 cm³/mol. The molecule has 23 heavy (non-hydrogen) atoms. The fourth-order valence-corrected chi connectivity index (χ4v) is 2.65. The fourth-order valence-electron chi connectivity index (χ4n) is 2.65. The molecule has 0 bridgehead atoms. The molecule has 0 fully saturated rings. The maximum Gasteiger partial charge on any atom is 0.261 e.